The lowest BCUT2D eigenvalue weighted by atomic mass is 10.0. The van der Waals surface area contributed by atoms with Crippen LogP contribution in [0.3, 0.4) is 0 Å². The van der Waals surface area contributed by atoms with E-state index in [9.17, 15) is 4.79 Å². The SMILES string of the molecule is O=C(CSC1CCCCC1)c1ccc(Br)cc1. The van der Waals surface area contributed by atoms with Gasteiger partial charge in [-0.05, 0) is 25.0 Å². The van der Waals surface area contributed by atoms with Gasteiger partial charge in [0.2, 0.25) is 0 Å². The van der Waals surface area contributed by atoms with Crippen molar-refractivity contribution < 1.29 is 4.79 Å². The Morgan fingerprint density at radius 2 is 1.82 bits per heavy atom. The first-order chi connectivity index (χ1) is 8.25. The number of ketones is 1. The van der Waals surface area contributed by atoms with Crippen LogP contribution >= 0.6 is 27.7 Å². The van der Waals surface area contributed by atoms with Gasteiger partial charge in [-0.1, -0.05) is 47.3 Å². The lowest BCUT2D eigenvalue weighted by Crippen LogP contribution is -2.12. The van der Waals surface area contributed by atoms with Crippen LogP contribution in [0.2, 0.25) is 0 Å². The smallest absolute Gasteiger partial charge is 0.172 e. The molecule has 0 atom stereocenters. The molecule has 0 heterocycles. The van der Waals surface area contributed by atoms with Crippen molar-refractivity contribution in [1.29, 1.82) is 0 Å². The molecule has 0 amide bonds. The second kappa shape index (κ2) is 6.60. The predicted octanol–water partition coefficient (Wildman–Crippen LogP) is 4.70. The second-order valence-electron chi connectivity index (χ2n) is 4.50. The number of Topliss-reactive ketones (excluding diaryl/α,β-unsaturated/α-hetero) is 1. The molecule has 1 aliphatic carbocycles. The number of thioether (sulfide) groups is 1. The predicted molar refractivity (Wildman–Crippen MR) is 77.8 cm³/mol. The van der Waals surface area contributed by atoms with Crippen LogP contribution in [0, 0.1) is 0 Å². The summed E-state index contributed by atoms with van der Waals surface area (Å²) in [4.78, 5) is 12.0. The van der Waals surface area contributed by atoms with E-state index >= 15 is 0 Å². The quantitative estimate of drug-likeness (QED) is 0.750. The van der Waals surface area contributed by atoms with E-state index in [1.807, 2.05) is 36.0 Å². The van der Waals surface area contributed by atoms with E-state index < -0.39 is 0 Å². The standard InChI is InChI=1S/C14H17BrOS/c15-12-8-6-11(7-9-12)14(16)10-17-13-4-2-1-3-5-13/h6-9,13H,1-5,10H2. The lowest BCUT2D eigenvalue weighted by molar-refractivity contribution is 0.102. The zero-order valence-electron chi connectivity index (χ0n) is 9.82. The molecule has 0 spiro atoms. The summed E-state index contributed by atoms with van der Waals surface area (Å²) in [6.07, 6.45) is 6.63. The number of hydrogen-bond donors (Lipinski definition) is 0. The Hall–Kier alpha value is -0.280. The third kappa shape index (κ3) is 4.14. The van der Waals surface area contributed by atoms with Gasteiger partial charge in [0.1, 0.15) is 0 Å². The highest BCUT2D eigenvalue weighted by Crippen LogP contribution is 2.28. The maximum Gasteiger partial charge on any atom is 0.172 e. The van der Waals surface area contributed by atoms with Gasteiger partial charge in [-0.3, -0.25) is 4.79 Å². The molecule has 0 aromatic heterocycles. The molecule has 1 fully saturated rings. The maximum absolute atomic E-state index is 12.0. The monoisotopic (exact) mass is 312 g/mol. The van der Waals surface area contributed by atoms with Crippen LogP contribution in [0.25, 0.3) is 0 Å². The van der Waals surface area contributed by atoms with Crippen molar-refractivity contribution in [1.82, 2.24) is 0 Å². The number of benzene rings is 1. The molecule has 1 nitrogen and oxygen atoms in total. The highest BCUT2D eigenvalue weighted by molar-refractivity contribution is 9.10. The van der Waals surface area contributed by atoms with Crippen LogP contribution in [0.1, 0.15) is 42.5 Å². The molecule has 1 aliphatic rings. The summed E-state index contributed by atoms with van der Waals surface area (Å²) in [6.45, 7) is 0. The lowest BCUT2D eigenvalue weighted by Gasteiger charge is -2.20. The summed E-state index contributed by atoms with van der Waals surface area (Å²) in [5, 5.41) is 0.711. The zero-order valence-corrected chi connectivity index (χ0v) is 12.2. The number of carbonyl (C=O) groups excluding carboxylic acids is 1. The summed E-state index contributed by atoms with van der Waals surface area (Å²) in [7, 11) is 0. The third-order valence-corrected chi connectivity index (χ3v) is 5.07. The van der Waals surface area contributed by atoms with E-state index in [0.717, 1.165) is 10.0 Å². The molecular weight excluding hydrogens is 296 g/mol. The summed E-state index contributed by atoms with van der Waals surface area (Å²) < 4.78 is 1.02. The van der Waals surface area contributed by atoms with E-state index in [4.69, 9.17) is 0 Å². The Labute approximate surface area is 115 Å². The highest BCUT2D eigenvalue weighted by atomic mass is 79.9. The normalized spacial score (nSPS) is 17.0. The molecule has 1 aromatic carbocycles. The van der Waals surface area contributed by atoms with Crippen molar-refractivity contribution in [3.05, 3.63) is 34.3 Å². The van der Waals surface area contributed by atoms with Gasteiger partial charge in [-0.25, -0.2) is 0 Å². The molecule has 2 rings (SSSR count). The third-order valence-electron chi connectivity index (χ3n) is 3.17. The van der Waals surface area contributed by atoms with Crippen molar-refractivity contribution in [2.24, 2.45) is 0 Å². The fraction of sp³-hybridized carbons (Fsp3) is 0.500. The molecule has 0 unspecified atom stereocenters. The number of halogens is 1. The molecule has 1 aromatic rings. The van der Waals surface area contributed by atoms with Crippen molar-refractivity contribution in [2.75, 3.05) is 5.75 Å². The molecule has 0 radical (unpaired) electrons. The second-order valence-corrected chi connectivity index (χ2v) is 6.71. The molecule has 0 aliphatic heterocycles. The summed E-state index contributed by atoms with van der Waals surface area (Å²) in [5.74, 6) is 0.889. The van der Waals surface area contributed by atoms with Crippen LogP contribution in [-0.4, -0.2) is 16.8 Å². The van der Waals surface area contributed by atoms with Gasteiger partial charge in [0.05, 0.1) is 5.75 Å². The molecule has 1 saturated carbocycles. The van der Waals surface area contributed by atoms with Gasteiger partial charge in [-0.2, -0.15) is 11.8 Å². The molecule has 0 saturated heterocycles. The van der Waals surface area contributed by atoms with E-state index in [0.29, 0.717) is 11.0 Å². The fourth-order valence-corrected chi connectivity index (χ4v) is 3.63. The Morgan fingerprint density at radius 1 is 1.18 bits per heavy atom. The molecule has 3 heteroatoms. The summed E-state index contributed by atoms with van der Waals surface area (Å²) in [6, 6.07) is 7.65. The molecule has 17 heavy (non-hydrogen) atoms. The largest absolute Gasteiger partial charge is 0.293 e. The summed E-state index contributed by atoms with van der Waals surface area (Å²) >= 11 is 5.22. The van der Waals surface area contributed by atoms with Crippen LogP contribution in [0.15, 0.2) is 28.7 Å². The van der Waals surface area contributed by atoms with Crippen LogP contribution in [0.5, 0.6) is 0 Å². The minimum atomic E-state index is 0.257. The van der Waals surface area contributed by atoms with E-state index in [1.54, 1.807) is 0 Å². The number of rotatable bonds is 4. The van der Waals surface area contributed by atoms with Crippen LogP contribution < -0.4 is 0 Å². The number of hydrogen-bond acceptors (Lipinski definition) is 2. The average molecular weight is 313 g/mol. The van der Waals surface area contributed by atoms with Gasteiger partial charge >= 0.3 is 0 Å². The first-order valence-electron chi connectivity index (χ1n) is 6.16. The molecular formula is C14H17BrOS. The van der Waals surface area contributed by atoms with Gasteiger partial charge < -0.3 is 0 Å². The van der Waals surface area contributed by atoms with Gasteiger partial charge in [0.15, 0.2) is 5.78 Å². The number of carbonyl (C=O) groups is 1. The van der Waals surface area contributed by atoms with Gasteiger partial charge in [0.25, 0.3) is 0 Å². The van der Waals surface area contributed by atoms with Crippen molar-refractivity contribution in [2.45, 2.75) is 37.4 Å². The Morgan fingerprint density at radius 3 is 2.47 bits per heavy atom. The zero-order chi connectivity index (χ0) is 12.1. The van der Waals surface area contributed by atoms with E-state index in [-0.39, 0.29) is 5.78 Å². The minimum Gasteiger partial charge on any atom is -0.293 e. The molecule has 92 valence electrons. The van der Waals surface area contributed by atoms with Crippen LogP contribution in [0.4, 0.5) is 0 Å². The van der Waals surface area contributed by atoms with Crippen molar-refractivity contribution >= 4 is 33.5 Å². The fourth-order valence-electron chi connectivity index (χ4n) is 2.14. The molecule has 0 bridgehead atoms. The van der Waals surface area contributed by atoms with Crippen molar-refractivity contribution in [3.63, 3.8) is 0 Å². The molecule has 0 N–H and O–H groups in total. The topological polar surface area (TPSA) is 17.1 Å². The highest BCUT2D eigenvalue weighted by Gasteiger charge is 2.15. The Bertz CT molecular complexity index is 368. The van der Waals surface area contributed by atoms with E-state index in [1.165, 1.54) is 32.1 Å². The first kappa shape index (κ1) is 13.2. The van der Waals surface area contributed by atoms with Crippen molar-refractivity contribution in [3.8, 4) is 0 Å². The summed E-state index contributed by atoms with van der Waals surface area (Å²) in [5.41, 5.74) is 0.830. The minimum absolute atomic E-state index is 0.257. The van der Waals surface area contributed by atoms with E-state index in [2.05, 4.69) is 15.9 Å². The van der Waals surface area contributed by atoms with Crippen LogP contribution in [-0.2, 0) is 0 Å². The van der Waals surface area contributed by atoms with Gasteiger partial charge in [0, 0.05) is 15.3 Å². The van der Waals surface area contributed by atoms with Gasteiger partial charge in [-0.15, -0.1) is 0 Å². The Kier molecular flexibility index (Phi) is 5.11. The first-order valence-corrected chi connectivity index (χ1v) is 8.00. The average Bonchev–Trinajstić information content (AvgIpc) is 2.38. The Balaban J connectivity index is 1.82. The maximum atomic E-state index is 12.0.